The Bertz CT molecular complexity index is 1210. The van der Waals surface area contributed by atoms with Crippen LogP contribution in [-0.4, -0.2) is 90.7 Å². The van der Waals surface area contributed by atoms with Gasteiger partial charge in [0.2, 0.25) is 5.91 Å². The molecule has 0 saturated carbocycles. The zero-order chi connectivity index (χ0) is 27.9. The first kappa shape index (κ1) is 29.0. The van der Waals surface area contributed by atoms with E-state index < -0.39 is 29.9 Å². The number of nitrogens with zero attached hydrogens (tertiary/aromatic N) is 2. The molecule has 0 bridgehead atoms. The second-order valence-electron chi connectivity index (χ2n) is 8.90. The maximum atomic E-state index is 13.2. The molecule has 0 aliphatic carbocycles. The Morgan fingerprint density at radius 1 is 1.08 bits per heavy atom. The quantitative estimate of drug-likeness (QED) is 0.472. The predicted molar refractivity (Wildman–Crippen MR) is 149 cm³/mol. The molecule has 2 fully saturated rings. The van der Waals surface area contributed by atoms with Crippen LogP contribution in [0, 0.1) is 0 Å². The van der Waals surface area contributed by atoms with Gasteiger partial charge in [0.1, 0.15) is 12.1 Å². The molecule has 2 aromatic rings. The Hall–Kier alpha value is -2.99. The van der Waals surface area contributed by atoms with Gasteiger partial charge in [-0.2, -0.15) is 0 Å². The molecule has 0 spiro atoms. The summed E-state index contributed by atoms with van der Waals surface area (Å²) < 4.78 is 10.2. The van der Waals surface area contributed by atoms with Crippen molar-refractivity contribution >= 4 is 64.5 Å². The van der Waals surface area contributed by atoms with Crippen LogP contribution in [0.25, 0.3) is 0 Å². The number of hydrogen-bond acceptors (Lipinski definition) is 7. The van der Waals surface area contributed by atoms with Crippen LogP contribution in [0.15, 0.2) is 42.5 Å². The number of thioether (sulfide) groups is 1. The predicted octanol–water partition coefficient (Wildman–Crippen LogP) is 3.27. The van der Waals surface area contributed by atoms with E-state index >= 15 is 0 Å². The van der Waals surface area contributed by atoms with Crippen molar-refractivity contribution in [3.05, 3.63) is 63.6 Å². The third kappa shape index (κ3) is 7.16. The van der Waals surface area contributed by atoms with E-state index in [0.717, 1.165) is 5.56 Å². The molecule has 39 heavy (non-hydrogen) atoms. The highest BCUT2D eigenvalue weighted by Crippen LogP contribution is 2.26. The number of hydrogen-bond donors (Lipinski definition) is 2. The second kappa shape index (κ2) is 13.4. The smallest absolute Gasteiger partial charge is 0.328 e. The maximum Gasteiger partial charge on any atom is 0.328 e. The summed E-state index contributed by atoms with van der Waals surface area (Å²) in [5, 5.41) is 5.98. The lowest BCUT2D eigenvalue weighted by atomic mass is 10.0. The van der Waals surface area contributed by atoms with Gasteiger partial charge in [-0.1, -0.05) is 41.4 Å². The molecule has 2 saturated heterocycles. The van der Waals surface area contributed by atoms with E-state index in [4.69, 9.17) is 32.7 Å². The number of morpholine rings is 1. The van der Waals surface area contributed by atoms with Gasteiger partial charge in [-0.3, -0.25) is 9.59 Å². The molecule has 4 rings (SSSR count). The van der Waals surface area contributed by atoms with E-state index in [1.54, 1.807) is 47.4 Å². The molecule has 208 valence electrons. The zero-order valence-corrected chi connectivity index (χ0v) is 23.5. The standard InChI is InChI=1S/C26H28Cl2N4O6S/c1-37-25(35)20(30-23(33)21-14-39-15-32(21)26(36)31-9-11-38-12-10-31)13-16-5-7-17(8-6-16)29-24(34)22-18(27)3-2-4-19(22)28/h2-8,20-21H,9-15H2,1H3,(H,29,34)(H,30,33). The fourth-order valence-corrected chi connectivity index (χ4v) is 5.97. The summed E-state index contributed by atoms with van der Waals surface area (Å²) in [6.45, 7) is 1.87. The summed E-state index contributed by atoms with van der Waals surface area (Å²) in [5.41, 5.74) is 1.39. The lowest BCUT2D eigenvalue weighted by molar-refractivity contribution is -0.145. The molecular weight excluding hydrogens is 567 g/mol. The highest BCUT2D eigenvalue weighted by atomic mass is 35.5. The SMILES string of the molecule is COC(=O)C(Cc1ccc(NC(=O)c2c(Cl)cccc2Cl)cc1)NC(=O)C1CSCN1C(=O)N1CCOCC1. The van der Waals surface area contributed by atoms with Crippen molar-refractivity contribution in [1.29, 1.82) is 0 Å². The highest BCUT2D eigenvalue weighted by Gasteiger charge is 2.38. The average Bonchev–Trinajstić information content (AvgIpc) is 3.43. The molecule has 0 aromatic heterocycles. The minimum atomic E-state index is -0.962. The topological polar surface area (TPSA) is 117 Å². The molecule has 2 aliphatic heterocycles. The van der Waals surface area contributed by atoms with Crippen molar-refractivity contribution in [3.8, 4) is 0 Å². The molecule has 2 N–H and O–H groups in total. The van der Waals surface area contributed by atoms with Gasteiger partial charge >= 0.3 is 12.0 Å². The van der Waals surface area contributed by atoms with Crippen LogP contribution < -0.4 is 10.6 Å². The van der Waals surface area contributed by atoms with Crippen LogP contribution in [0.5, 0.6) is 0 Å². The number of amides is 4. The van der Waals surface area contributed by atoms with E-state index in [1.807, 2.05) is 0 Å². The molecule has 2 aliphatic rings. The van der Waals surface area contributed by atoms with E-state index in [-0.39, 0.29) is 28.1 Å². The number of methoxy groups -OCH3 is 1. The van der Waals surface area contributed by atoms with Crippen molar-refractivity contribution < 1.29 is 28.7 Å². The Morgan fingerprint density at radius 2 is 1.74 bits per heavy atom. The van der Waals surface area contributed by atoms with Gasteiger partial charge in [0, 0.05) is 31.0 Å². The van der Waals surface area contributed by atoms with Gasteiger partial charge in [0.25, 0.3) is 5.91 Å². The van der Waals surface area contributed by atoms with E-state index in [9.17, 15) is 19.2 Å². The molecule has 4 amide bonds. The van der Waals surface area contributed by atoms with Gasteiger partial charge in [-0.05, 0) is 29.8 Å². The fourth-order valence-electron chi connectivity index (χ4n) is 4.26. The third-order valence-corrected chi connectivity index (χ3v) is 8.00. The molecule has 10 nitrogen and oxygen atoms in total. The number of urea groups is 1. The fraction of sp³-hybridized carbons (Fsp3) is 0.385. The first-order valence-corrected chi connectivity index (χ1v) is 14.1. The molecule has 13 heteroatoms. The Kier molecular flexibility index (Phi) is 9.95. The Labute approximate surface area is 240 Å². The maximum absolute atomic E-state index is 13.2. The minimum absolute atomic E-state index is 0.153. The second-order valence-corrected chi connectivity index (χ2v) is 10.7. The Balaban J connectivity index is 1.39. The van der Waals surface area contributed by atoms with Crippen LogP contribution in [0.4, 0.5) is 10.5 Å². The number of nitrogens with one attached hydrogen (secondary N) is 2. The van der Waals surface area contributed by atoms with Crippen molar-refractivity contribution in [2.45, 2.75) is 18.5 Å². The van der Waals surface area contributed by atoms with Crippen molar-refractivity contribution in [3.63, 3.8) is 0 Å². The molecular formula is C26H28Cl2N4O6S. The summed E-state index contributed by atoms with van der Waals surface area (Å²) >= 11 is 13.7. The first-order valence-electron chi connectivity index (χ1n) is 12.2. The minimum Gasteiger partial charge on any atom is -0.467 e. The van der Waals surface area contributed by atoms with Crippen LogP contribution in [0.2, 0.25) is 10.0 Å². The number of benzene rings is 2. The van der Waals surface area contributed by atoms with Gasteiger partial charge in [-0.15, -0.1) is 11.8 Å². The van der Waals surface area contributed by atoms with Gasteiger partial charge in [-0.25, -0.2) is 9.59 Å². The lowest BCUT2D eigenvalue weighted by Gasteiger charge is -2.33. The third-order valence-electron chi connectivity index (χ3n) is 6.36. The van der Waals surface area contributed by atoms with Crippen LogP contribution >= 0.6 is 35.0 Å². The molecule has 0 radical (unpaired) electrons. The summed E-state index contributed by atoms with van der Waals surface area (Å²) in [4.78, 5) is 54.6. The van der Waals surface area contributed by atoms with Crippen molar-refractivity contribution in [2.75, 3.05) is 50.4 Å². The summed E-state index contributed by atoms with van der Waals surface area (Å²) in [6, 6.07) is 9.73. The largest absolute Gasteiger partial charge is 0.467 e. The summed E-state index contributed by atoms with van der Waals surface area (Å²) in [5.74, 6) is -0.657. The normalized spacial score (nSPS) is 17.9. The molecule has 2 atom stereocenters. The molecule has 2 unspecified atom stereocenters. The molecule has 2 heterocycles. The zero-order valence-electron chi connectivity index (χ0n) is 21.2. The summed E-state index contributed by atoms with van der Waals surface area (Å²) in [6.07, 6.45) is 0.153. The number of esters is 1. The van der Waals surface area contributed by atoms with Gasteiger partial charge in [0.15, 0.2) is 0 Å². The number of ether oxygens (including phenoxy) is 2. The monoisotopic (exact) mass is 594 g/mol. The Morgan fingerprint density at radius 3 is 2.38 bits per heavy atom. The van der Waals surface area contributed by atoms with E-state index in [1.165, 1.54) is 23.8 Å². The van der Waals surface area contributed by atoms with Crippen molar-refractivity contribution in [2.24, 2.45) is 0 Å². The first-order chi connectivity index (χ1) is 18.8. The van der Waals surface area contributed by atoms with Crippen LogP contribution in [0.3, 0.4) is 0 Å². The van der Waals surface area contributed by atoms with Gasteiger partial charge in [0.05, 0.1) is 41.8 Å². The number of rotatable bonds is 7. The van der Waals surface area contributed by atoms with Crippen LogP contribution in [-0.2, 0) is 25.5 Å². The number of carbonyl (C=O) groups is 4. The summed E-state index contributed by atoms with van der Waals surface area (Å²) in [7, 11) is 1.25. The van der Waals surface area contributed by atoms with E-state index in [2.05, 4.69) is 10.6 Å². The lowest BCUT2D eigenvalue weighted by Crippen LogP contribution is -2.56. The van der Waals surface area contributed by atoms with Crippen molar-refractivity contribution in [1.82, 2.24) is 15.1 Å². The van der Waals surface area contributed by atoms with E-state index in [0.29, 0.717) is 43.6 Å². The van der Waals surface area contributed by atoms with Crippen LogP contribution in [0.1, 0.15) is 15.9 Å². The van der Waals surface area contributed by atoms with Gasteiger partial charge < -0.3 is 29.9 Å². The number of carbonyl (C=O) groups excluding carboxylic acids is 4. The number of halogens is 2. The average molecular weight is 596 g/mol. The molecule has 2 aromatic carbocycles. The highest BCUT2D eigenvalue weighted by molar-refractivity contribution is 7.99. The number of anilines is 1.